The predicted octanol–water partition coefficient (Wildman–Crippen LogP) is 3.29. The number of benzene rings is 1. The fourth-order valence-corrected chi connectivity index (χ4v) is 3.67. The number of unbranched alkanes of at least 4 members (excludes halogenated alkanes) is 1. The van der Waals surface area contributed by atoms with Crippen LogP contribution in [0.1, 0.15) is 25.7 Å². The SMILES string of the molecule is CCn1c(=O)n(CCCCc2nc(-c3ccccc3Cl)no2)c(=O)c2[nH]c(Cl)nc21. The van der Waals surface area contributed by atoms with Crippen molar-refractivity contribution in [3.8, 4) is 11.4 Å². The highest BCUT2D eigenvalue weighted by Gasteiger charge is 2.16. The highest BCUT2D eigenvalue weighted by atomic mass is 35.5. The van der Waals surface area contributed by atoms with E-state index in [9.17, 15) is 9.59 Å². The lowest BCUT2D eigenvalue weighted by Crippen LogP contribution is -2.40. The molecule has 3 heterocycles. The third-order valence-corrected chi connectivity index (χ3v) is 5.26. The van der Waals surface area contributed by atoms with Crippen molar-refractivity contribution in [3.63, 3.8) is 0 Å². The van der Waals surface area contributed by atoms with Gasteiger partial charge in [0.1, 0.15) is 0 Å². The molecular formula is C19H18Cl2N6O3. The van der Waals surface area contributed by atoms with Gasteiger partial charge in [0.25, 0.3) is 5.56 Å². The van der Waals surface area contributed by atoms with Crippen LogP contribution in [0.5, 0.6) is 0 Å². The minimum Gasteiger partial charge on any atom is -0.339 e. The van der Waals surface area contributed by atoms with Gasteiger partial charge in [-0.05, 0) is 43.5 Å². The third kappa shape index (κ3) is 3.78. The molecule has 0 radical (unpaired) electrons. The molecule has 4 rings (SSSR count). The molecule has 4 aromatic rings. The van der Waals surface area contributed by atoms with E-state index in [1.165, 1.54) is 9.13 Å². The van der Waals surface area contributed by atoms with Crippen LogP contribution in [0.2, 0.25) is 10.3 Å². The zero-order chi connectivity index (χ0) is 21.3. The second kappa shape index (κ2) is 8.45. The Balaban J connectivity index is 1.46. The quantitative estimate of drug-likeness (QED) is 0.342. The highest BCUT2D eigenvalue weighted by molar-refractivity contribution is 6.33. The second-order valence-electron chi connectivity index (χ2n) is 6.66. The average molecular weight is 449 g/mol. The van der Waals surface area contributed by atoms with E-state index in [4.69, 9.17) is 27.7 Å². The molecule has 0 atom stereocenters. The number of nitrogens with zero attached hydrogens (tertiary/aromatic N) is 5. The molecule has 0 aliphatic rings. The Hall–Kier alpha value is -2.91. The van der Waals surface area contributed by atoms with Gasteiger partial charge in [0.15, 0.2) is 11.2 Å². The monoisotopic (exact) mass is 448 g/mol. The van der Waals surface area contributed by atoms with Gasteiger partial charge >= 0.3 is 5.69 Å². The summed E-state index contributed by atoms with van der Waals surface area (Å²) in [7, 11) is 0. The van der Waals surface area contributed by atoms with E-state index < -0.39 is 11.2 Å². The van der Waals surface area contributed by atoms with Crippen molar-refractivity contribution >= 4 is 34.4 Å². The molecule has 0 aliphatic heterocycles. The molecule has 0 unspecified atom stereocenters. The number of H-pyrrole nitrogens is 1. The van der Waals surface area contributed by atoms with Crippen LogP contribution in [0.25, 0.3) is 22.6 Å². The third-order valence-electron chi connectivity index (χ3n) is 4.75. The van der Waals surface area contributed by atoms with E-state index in [0.717, 1.165) is 0 Å². The first-order valence-electron chi connectivity index (χ1n) is 9.46. The lowest BCUT2D eigenvalue weighted by Gasteiger charge is -2.09. The van der Waals surface area contributed by atoms with Crippen molar-refractivity contribution in [1.82, 2.24) is 29.2 Å². The van der Waals surface area contributed by atoms with Gasteiger partial charge in [-0.3, -0.25) is 13.9 Å². The Bertz CT molecular complexity index is 1320. The molecule has 0 bridgehead atoms. The maximum atomic E-state index is 12.7. The second-order valence-corrected chi connectivity index (χ2v) is 7.42. The van der Waals surface area contributed by atoms with Crippen LogP contribution in [0.3, 0.4) is 0 Å². The van der Waals surface area contributed by atoms with Crippen LogP contribution in [-0.2, 0) is 19.5 Å². The molecule has 0 saturated carbocycles. The number of aromatic nitrogens is 6. The first-order chi connectivity index (χ1) is 14.5. The minimum absolute atomic E-state index is 0.0761. The van der Waals surface area contributed by atoms with E-state index in [0.29, 0.717) is 48.1 Å². The van der Waals surface area contributed by atoms with Crippen molar-refractivity contribution in [2.24, 2.45) is 0 Å². The summed E-state index contributed by atoms with van der Waals surface area (Å²) >= 11 is 12.0. The normalized spacial score (nSPS) is 11.4. The van der Waals surface area contributed by atoms with Crippen molar-refractivity contribution < 1.29 is 4.52 Å². The van der Waals surface area contributed by atoms with Crippen LogP contribution < -0.4 is 11.2 Å². The maximum absolute atomic E-state index is 12.7. The van der Waals surface area contributed by atoms with Gasteiger partial charge < -0.3 is 9.51 Å². The zero-order valence-electron chi connectivity index (χ0n) is 16.1. The summed E-state index contributed by atoms with van der Waals surface area (Å²) < 4.78 is 7.91. The fraction of sp³-hybridized carbons (Fsp3) is 0.316. The first-order valence-corrected chi connectivity index (χ1v) is 10.2. The van der Waals surface area contributed by atoms with E-state index in [-0.39, 0.29) is 23.0 Å². The van der Waals surface area contributed by atoms with Crippen LogP contribution in [0.15, 0.2) is 38.4 Å². The number of imidazole rings is 1. The summed E-state index contributed by atoms with van der Waals surface area (Å²) in [5, 5.41) is 4.59. The highest BCUT2D eigenvalue weighted by Crippen LogP contribution is 2.25. The van der Waals surface area contributed by atoms with Gasteiger partial charge in [-0.2, -0.15) is 9.97 Å². The van der Waals surface area contributed by atoms with Crippen LogP contribution in [0.4, 0.5) is 0 Å². The standard InChI is InChI=1S/C19H18Cl2N6O3/c1-2-26-16-14(23-18(21)24-16)17(28)27(19(26)29)10-6-5-9-13-22-15(25-30-13)11-7-3-4-8-12(11)20/h3-4,7-8H,2,5-6,9-10H2,1H3,(H,23,24). The number of rotatable bonds is 7. The number of aromatic amines is 1. The van der Waals surface area contributed by atoms with Crippen LogP contribution in [-0.4, -0.2) is 29.2 Å². The summed E-state index contributed by atoms with van der Waals surface area (Å²) in [6.45, 7) is 2.45. The summed E-state index contributed by atoms with van der Waals surface area (Å²) in [5.74, 6) is 0.901. The molecule has 1 N–H and O–H groups in total. The summed E-state index contributed by atoms with van der Waals surface area (Å²) in [6.07, 6.45) is 1.76. The number of hydrogen-bond donors (Lipinski definition) is 1. The lowest BCUT2D eigenvalue weighted by molar-refractivity contribution is 0.372. The number of nitrogens with one attached hydrogen (secondary N) is 1. The topological polar surface area (TPSA) is 112 Å². The predicted molar refractivity (Wildman–Crippen MR) is 113 cm³/mol. The number of halogens is 2. The molecule has 30 heavy (non-hydrogen) atoms. The molecule has 0 spiro atoms. The lowest BCUT2D eigenvalue weighted by atomic mass is 10.2. The number of fused-ring (bicyclic) bond motifs is 1. The molecule has 0 amide bonds. The Morgan fingerprint density at radius 1 is 1.10 bits per heavy atom. The van der Waals surface area contributed by atoms with Crippen molar-refractivity contribution in [1.29, 1.82) is 0 Å². The summed E-state index contributed by atoms with van der Waals surface area (Å²) in [5.41, 5.74) is 0.358. The molecule has 9 nitrogen and oxygen atoms in total. The van der Waals surface area contributed by atoms with Crippen LogP contribution in [0, 0.1) is 0 Å². The van der Waals surface area contributed by atoms with Gasteiger partial charge in [-0.15, -0.1) is 0 Å². The molecular weight excluding hydrogens is 431 g/mol. The van der Waals surface area contributed by atoms with Crippen LogP contribution >= 0.6 is 23.2 Å². The van der Waals surface area contributed by atoms with Crippen molar-refractivity contribution in [2.45, 2.75) is 39.3 Å². The molecule has 0 saturated heterocycles. The molecule has 0 aliphatic carbocycles. The molecule has 3 aromatic heterocycles. The van der Waals surface area contributed by atoms with Gasteiger partial charge in [-0.1, -0.05) is 28.9 Å². The first kappa shape index (κ1) is 20.4. The van der Waals surface area contributed by atoms with Gasteiger partial charge in [-0.25, -0.2) is 4.79 Å². The Morgan fingerprint density at radius 3 is 2.67 bits per heavy atom. The van der Waals surface area contributed by atoms with Gasteiger partial charge in [0.2, 0.25) is 17.0 Å². The molecule has 1 aromatic carbocycles. The largest absolute Gasteiger partial charge is 0.339 e. The Labute approximate surface area is 180 Å². The number of hydrogen-bond acceptors (Lipinski definition) is 6. The van der Waals surface area contributed by atoms with E-state index in [1.807, 2.05) is 25.1 Å². The molecule has 156 valence electrons. The number of aryl methyl sites for hydroxylation is 2. The van der Waals surface area contributed by atoms with Gasteiger partial charge in [0.05, 0.1) is 5.02 Å². The molecule has 0 fully saturated rings. The fourth-order valence-electron chi connectivity index (χ4n) is 3.28. The van der Waals surface area contributed by atoms with E-state index in [2.05, 4.69) is 20.1 Å². The average Bonchev–Trinajstić information content (AvgIpc) is 3.35. The zero-order valence-corrected chi connectivity index (χ0v) is 17.6. The summed E-state index contributed by atoms with van der Waals surface area (Å²) in [4.78, 5) is 36.5. The van der Waals surface area contributed by atoms with Crippen molar-refractivity contribution in [3.05, 3.63) is 61.3 Å². The van der Waals surface area contributed by atoms with E-state index >= 15 is 0 Å². The summed E-state index contributed by atoms with van der Waals surface area (Å²) in [6, 6.07) is 7.26. The molecule has 11 heteroatoms. The Kier molecular flexibility index (Phi) is 5.74. The smallest absolute Gasteiger partial charge is 0.332 e. The minimum atomic E-state index is -0.433. The van der Waals surface area contributed by atoms with Gasteiger partial charge in [0, 0.05) is 25.1 Å². The maximum Gasteiger partial charge on any atom is 0.332 e. The van der Waals surface area contributed by atoms with Crippen molar-refractivity contribution in [2.75, 3.05) is 0 Å². The van der Waals surface area contributed by atoms with E-state index in [1.54, 1.807) is 6.07 Å². The Morgan fingerprint density at radius 2 is 1.90 bits per heavy atom.